The molecule has 8 heteroatoms. The van der Waals surface area contributed by atoms with Gasteiger partial charge in [0, 0.05) is 19.3 Å². The molecule has 2 heterocycles. The molecule has 1 amide bonds. The van der Waals surface area contributed by atoms with Crippen LogP contribution >= 0.6 is 0 Å². The van der Waals surface area contributed by atoms with Gasteiger partial charge in [0.05, 0.1) is 12.5 Å². The maximum absolute atomic E-state index is 12.2. The maximum Gasteiger partial charge on any atom is 0.354 e. The summed E-state index contributed by atoms with van der Waals surface area (Å²) in [7, 11) is 0. The minimum absolute atomic E-state index is 0.0187. The Bertz CT molecular complexity index is 561. The smallest absolute Gasteiger partial charge is 0.354 e. The number of carbonyl (C=O) groups is 3. The van der Waals surface area contributed by atoms with Gasteiger partial charge in [0.1, 0.15) is 12.2 Å². The molecule has 0 saturated carbocycles. The van der Waals surface area contributed by atoms with E-state index in [2.05, 4.69) is 5.10 Å². The van der Waals surface area contributed by atoms with Gasteiger partial charge in [-0.15, -0.1) is 0 Å². The van der Waals surface area contributed by atoms with Crippen LogP contribution in [0.15, 0.2) is 12.3 Å². The fourth-order valence-corrected chi connectivity index (χ4v) is 2.49. The molecule has 0 aliphatic carbocycles. The number of carboxylic acid groups (broad SMARTS) is 1. The van der Waals surface area contributed by atoms with Gasteiger partial charge < -0.3 is 14.7 Å². The Kier molecular flexibility index (Phi) is 5.13. The number of aromatic carboxylic acids is 1. The van der Waals surface area contributed by atoms with Crippen molar-refractivity contribution in [3.05, 3.63) is 18.0 Å². The number of esters is 1. The number of carboxylic acids is 1. The van der Waals surface area contributed by atoms with Gasteiger partial charge in [-0.2, -0.15) is 5.10 Å². The lowest BCUT2D eigenvalue weighted by Gasteiger charge is -2.30. The lowest BCUT2D eigenvalue weighted by atomic mass is 9.97. The molecule has 0 spiro atoms. The lowest BCUT2D eigenvalue weighted by Crippen LogP contribution is -2.42. The average molecular weight is 309 g/mol. The maximum atomic E-state index is 12.2. The van der Waals surface area contributed by atoms with E-state index in [0.29, 0.717) is 32.5 Å². The summed E-state index contributed by atoms with van der Waals surface area (Å²) in [4.78, 5) is 36.5. The van der Waals surface area contributed by atoms with Gasteiger partial charge in [-0.25, -0.2) is 9.48 Å². The van der Waals surface area contributed by atoms with E-state index >= 15 is 0 Å². The fraction of sp³-hybridized carbons (Fsp3) is 0.571. The van der Waals surface area contributed by atoms with Crippen LogP contribution in [0.1, 0.15) is 30.3 Å². The molecule has 1 aromatic heterocycles. The van der Waals surface area contributed by atoms with E-state index in [0.717, 1.165) is 0 Å². The monoisotopic (exact) mass is 309 g/mol. The standard InChI is InChI=1S/C14H19N3O5/c1-2-22-14(21)10-4-7-16(8-5-10)12(18)9-17-11(13(19)20)3-6-15-17/h3,6,10H,2,4-5,7-9H2,1H3,(H,19,20). The van der Waals surface area contributed by atoms with Gasteiger partial charge in [0.25, 0.3) is 0 Å². The number of ether oxygens (including phenoxy) is 1. The van der Waals surface area contributed by atoms with Crippen LogP contribution in [0.5, 0.6) is 0 Å². The van der Waals surface area contributed by atoms with Crippen LogP contribution < -0.4 is 0 Å². The first-order valence-electron chi connectivity index (χ1n) is 7.22. The zero-order valence-corrected chi connectivity index (χ0v) is 12.4. The van der Waals surface area contributed by atoms with Gasteiger partial charge in [-0.1, -0.05) is 0 Å². The number of amides is 1. The quantitative estimate of drug-likeness (QED) is 0.789. The molecule has 2 rings (SSSR count). The predicted molar refractivity (Wildman–Crippen MR) is 75.1 cm³/mol. The molecule has 0 unspecified atom stereocenters. The molecule has 1 aliphatic rings. The average Bonchev–Trinajstić information content (AvgIpc) is 2.96. The summed E-state index contributed by atoms with van der Waals surface area (Å²) in [5.41, 5.74) is -0.0187. The molecule has 120 valence electrons. The number of hydrogen-bond acceptors (Lipinski definition) is 5. The molecule has 8 nitrogen and oxygen atoms in total. The van der Waals surface area contributed by atoms with Crippen LogP contribution in [-0.4, -0.2) is 57.3 Å². The highest BCUT2D eigenvalue weighted by Crippen LogP contribution is 2.19. The van der Waals surface area contributed by atoms with Crippen LogP contribution in [0, 0.1) is 5.92 Å². The Morgan fingerprint density at radius 3 is 2.64 bits per heavy atom. The highest BCUT2D eigenvalue weighted by atomic mass is 16.5. The Balaban J connectivity index is 1.89. The first kappa shape index (κ1) is 16.0. The van der Waals surface area contributed by atoms with E-state index in [1.807, 2.05) is 0 Å². The van der Waals surface area contributed by atoms with Crippen LogP contribution in [0.3, 0.4) is 0 Å². The van der Waals surface area contributed by atoms with Crippen molar-refractivity contribution in [2.24, 2.45) is 5.92 Å². The topological polar surface area (TPSA) is 102 Å². The molecule has 0 aromatic carbocycles. The highest BCUT2D eigenvalue weighted by molar-refractivity contribution is 5.86. The van der Waals surface area contributed by atoms with Gasteiger partial charge in [-0.05, 0) is 25.8 Å². The number of likely N-dealkylation sites (tertiary alicyclic amines) is 1. The second kappa shape index (κ2) is 7.06. The van der Waals surface area contributed by atoms with Crippen molar-refractivity contribution in [1.29, 1.82) is 0 Å². The van der Waals surface area contributed by atoms with Crippen molar-refractivity contribution < 1.29 is 24.2 Å². The number of hydrogen-bond donors (Lipinski definition) is 1. The summed E-state index contributed by atoms with van der Waals surface area (Å²) in [5, 5.41) is 12.8. The third-order valence-electron chi connectivity index (χ3n) is 3.69. The second-order valence-electron chi connectivity index (χ2n) is 5.09. The first-order chi connectivity index (χ1) is 10.5. The number of carbonyl (C=O) groups excluding carboxylic acids is 2. The Hall–Kier alpha value is -2.38. The summed E-state index contributed by atoms with van der Waals surface area (Å²) in [6.45, 7) is 2.94. The van der Waals surface area contributed by atoms with E-state index in [1.54, 1.807) is 11.8 Å². The molecule has 0 bridgehead atoms. The molecule has 22 heavy (non-hydrogen) atoms. The van der Waals surface area contributed by atoms with E-state index < -0.39 is 5.97 Å². The van der Waals surface area contributed by atoms with Crippen LogP contribution in [0.4, 0.5) is 0 Å². The van der Waals surface area contributed by atoms with Crippen molar-refractivity contribution in [2.45, 2.75) is 26.3 Å². The molecule has 1 fully saturated rings. The highest BCUT2D eigenvalue weighted by Gasteiger charge is 2.28. The van der Waals surface area contributed by atoms with Crippen molar-refractivity contribution in [3.63, 3.8) is 0 Å². The van der Waals surface area contributed by atoms with E-state index in [4.69, 9.17) is 9.84 Å². The van der Waals surface area contributed by atoms with Crippen molar-refractivity contribution in [2.75, 3.05) is 19.7 Å². The SMILES string of the molecule is CCOC(=O)C1CCN(C(=O)Cn2nccc2C(=O)O)CC1. The number of nitrogens with zero attached hydrogens (tertiary/aromatic N) is 3. The van der Waals surface area contributed by atoms with E-state index in [9.17, 15) is 14.4 Å². The fourth-order valence-electron chi connectivity index (χ4n) is 2.49. The van der Waals surface area contributed by atoms with Crippen LogP contribution in [0.25, 0.3) is 0 Å². The van der Waals surface area contributed by atoms with Crippen molar-refractivity contribution >= 4 is 17.8 Å². The van der Waals surface area contributed by atoms with Gasteiger partial charge >= 0.3 is 11.9 Å². The minimum atomic E-state index is -1.12. The molecule has 1 aromatic rings. The predicted octanol–water partition coefficient (Wildman–Crippen LogP) is 0.383. The number of aromatic nitrogens is 2. The van der Waals surface area contributed by atoms with E-state index in [1.165, 1.54) is 16.9 Å². The Labute approximate surface area is 127 Å². The van der Waals surface area contributed by atoms with Crippen molar-refractivity contribution in [1.82, 2.24) is 14.7 Å². The molecule has 1 aliphatic heterocycles. The van der Waals surface area contributed by atoms with Crippen LogP contribution in [-0.2, 0) is 20.9 Å². The molecular weight excluding hydrogens is 290 g/mol. The van der Waals surface area contributed by atoms with Gasteiger partial charge in [0.2, 0.25) is 5.91 Å². The van der Waals surface area contributed by atoms with Crippen molar-refractivity contribution in [3.8, 4) is 0 Å². The Morgan fingerprint density at radius 1 is 1.36 bits per heavy atom. The van der Waals surface area contributed by atoms with Gasteiger partial charge in [-0.3, -0.25) is 9.59 Å². The number of piperidine rings is 1. The summed E-state index contributed by atoms with van der Waals surface area (Å²) in [6, 6.07) is 1.35. The molecule has 0 radical (unpaired) electrons. The summed E-state index contributed by atoms with van der Waals surface area (Å²) in [5.74, 6) is -1.70. The zero-order chi connectivity index (χ0) is 16.1. The third kappa shape index (κ3) is 3.63. The minimum Gasteiger partial charge on any atom is -0.477 e. The summed E-state index contributed by atoms with van der Waals surface area (Å²) >= 11 is 0. The normalized spacial score (nSPS) is 15.6. The number of rotatable bonds is 5. The third-order valence-corrected chi connectivity index (χ3v) is 3.69. The zero-order valence-electron chi connectivity index (χ0n) is 12.4. The lowest BCUT2D eigenvalue weighted by molar-refractivity contribution is -0.151. The van der Waals surface area contributed by atoms with E-state index in [-0.39, 0.29) is 30.0 Å². The van der Waals surface area contributed by atoms with Gasteiger partial charge in [0.15, 0.2) is 0 Å². The molecule has 1 saturated heterocycles. The van der Waals surface area contributed by atoms with Crippen LogP contribution in [0.2, 0.25) is 0 Å². The summed E-state index contributed by atoms with van der Waals surface area (Å²) in [6.07, 6.45) is 2.48. The molecule has 1 N–H and O–H groups in total. The largest absolute Gasteiger partial charge is 0.477 e. The molecular formula is C14H19N3O5. The first-order valence-corrected chi connectivity index (χ1v) is 7.22. The second-order valence-corrected chi connectivity index (χ2v) is 5.09. The summed E-state index contributed by atoms with van der Waals surface area (Å²) < 4.78 is 6.15. The molecule has 0 atom stereocenters. The Morgan fingerprint density at radius 2 is 2.05 bits per heavy atom.